The minimum absolute atomic E-state index is 0.119. The van der Waals surface area contributed by atoms with Crippen LogP contribution in [-0.4, -0.2) is 47.7 Å². The maximum atomic E-state index is 12.4. The second kappa shape index (κ2) is 6.92. The van der Waals surface area contributed by atoms with Crippen LogP contribution in [0.4, 0.5) is 0 Å². The van der Waals surface area contributed by atoms with Crippen molar-refractivity contribution in [2.45, 2.75) is 45.3 Å². The average molecular weight is 305 g/mol. The van der Waals surface area contributed by atoms with Gasteiger partial charge in [-0.15, -0.1) is 0 Å². The number of amides is 1. The summed E-state index contributed by atoms with van der Waals surface area (Å²) in [4.78, 5) is 25.1. The Morgan fingerprint density at radius 2 is 1.91 bits per heavy atom. The Balaban J connectivity index is 2.00. The molecule has 2 atom stereocenters. The molecule has 0 aliphatic carbocycles. The van der Waals surface area contributed by atoms with Gasteiger partial charge in [-0.25, -0.2) is 4.79 Å². The second-order valence-electron chi connectivity index (χ2n) is 5.99. The first-order valence-electron chi connectivity index (χ1n) is 7.53. The highest BCUT2D eigenvalue weighted by Crippen LogP contribution is 2.22. The molecule has 1 fully saturated rings. The molecule has 1 aromatic carbocycles. The number of carbonyl (C=O) groups excluding carboxylic acids is 1. The van der Waals surface area contributed by atoms with Crippen LogP contribution in [0.2, 0.25) is 0 Å². The molecule has 0 saturated carbocycles. The molecule has 5 nitrogen and oxygen atoms in total. The molecule has 1 saturated heterocycles. The number of hydrogen-bond donors (Lipinski definition) is 1. The maximum Gasteiger partial charge on any atom is 0.326 e. The zero-order chi connectivity index (χ0) is 16.3. The number of hydrogen-bond acceptors (Lipinski definition) is 3. The number of aryl methyl sites for hydroxylation is 3. The molecule has 1 heterocycles. The zero-order valence-electron chi connectivity index (χ0n) is 13.3. The van der Waals surface area contributed by atoms with E-state index in [4.69, 9.17) is 4.74 Å². The van der Waals surface area contributed by atoms with Crippen molar-refractivity contribution in [2.75, 3.05) is 13.7 Å². The van der Waals surface area contributed by atoms with Gasteiger partial charge in [-0.05, 0) is 25.8 Å². The van der Waals surface area contributed by atoms with Crippen molar-refractivity contribution in [3.63, 3.8) is 0 Å². The molecular weight excluding hydrogens is 282 g/mol. The normalized spacial score (nSPS) is 21.1. The molecule has 0 radical (unpaired) electrons. The summed E-state index contributed by atoms with van der Waals surface area (Å²) in [7, 11) is 1.55. The molecule has 1 amide bonds. The third-order valence-electron chi connectivity index (χ3n) is 4.11. The van der Waals surface area contributed by atoms with Crippen LogP contribution in [0.25, 0.3) is 0 Å². The van der Waals surface area contributed by atoms with Crippen LogP contribution in [0.15, 0.2) is 18.2 Å². The predicted molar refractivity (Wildman–Crippen MR) is 82.8 cm³/mol. The lowest BCUT2D eigenvalue weighted by atomic mass is 10.0. The number of methoxy groups -OCH3 is 1. The van der Waals surface area contributed by atoms with Crippen molar-refractivity contribution in [1.29, 1.82) is 0 Å². The molecule has 5 heteroatoms. The second-order valence-corrected chi connectivity index (χ2v) is 5.99. The summed E-state index contributed by atoms with van der Waals surface area (Å²) in [6.07, 6.45) is 1.12. The minimum Gasteiger partial charge on any atom is -0.480 e. The number of ether oxygens (including phenoxy) is 1. The van der Waals surface area contributed by atoms with E-state index in [0.717, 1.165) is 5.56 Å². The van der Waals surface area contributed by atoms with E-state index in [-0.39, 0.29) is 12.0 Å². The van der Waals surface area contributed by atoms with E-state index in [1.165, 1.54) is 16.0 Å². The Bertz CT molecular complexity index is 550. The number of rotatable bonds is 5. The van der Waals surface area contributed by atoms with Gasteiger partial charge in [0, 0.05) is 26.5 Å². The standard InChI is InChI=1S/C17H23NO4/c1-11-6-12(2)8-13(7-11)4-5-16(19)18-10-14(22-3)9-15(18)17(20)21/h6-8,14-15H,4-5,9-10H2,1-3H3,(H,20,21). The first-order valence-corrected chi connectivity index (χ1v) is 7.53. The fraction of sp³-hybridized carbons (Fsp3) is 0.529. The van der Waals surface area contributed by atoms with Gasteiger partial charge in [0.1, 0.15) is 6.04 Å². The topological polar surface area (TPSA) is 66.8 Å². The molecular formula is C17H23NO4. The number of carboxylic acid groups (broad SMARTS) is 1. The van der Waals surface area contributed by atoms with Crippen molar-refractivity contribution in [2.24, 2.45) is 0 Å². The summed E-state index contributed by atoms with van der Waals surface area (Å²) in [5.74, 6) is -1.08. The fourth-order valence-corrected chi connectivity index (χ4v) is 3.09. The molecule has 2 unspecified atom stereocenters. The molecule has 120 valence electrons. The lowest BCUT2D eigenvalue weighted by Gasteiger charge is -2.21. The molecule has 1 N–H and O–H groups in total. The first kappa shape index (κ1) is 16.5. The van der Waals surface area contributed by atoms with E-state index in [0.29, 0.717) is 25.8 Å². The van der Waals surface area contributed by atoms with Crippen LogP contribution in [-0.2, 0) is 20.7 Å². The van der Waals surface area contributed by atoms with Crippen molar-refractivity contribution < 1.29 is 19.4 Å². The van der Waals surface area contributed by atoms with Gasteiger partial charge >= 0.3 is 5.97 Å². The summed E-state index contributed by atoms with van der Waals surface area (Å²) < 4.78 is 5.21. The van der Waals surface area contributed by atoms with Crippen molar-refractivity contribution in [1.82, 2.24) is 4.90 Å². The number of nitrogens with zero attached hydrogens (tertiary/aromatic N) is 1. The maximum absolute atomic E-state index is 12.4. The largest absolute Gasteiger partial charge is 0.480 e. The van der Waals surface area contributed by atoms with Gasteiger partial charge in [0.15, 0.2) is 0 Å². The van der Waals surface area contributed by atoms with E-state index in [9.17, 15) is 14.7 Å². The quantitative estimate of drug-likeness (QED) is 0.903. The van der Waals surface area contributed by atoms with Gasteiger partial charge in [0.05, 0.1) is 6.10 Å². The van der Waals surface area contributed by atoms with Crippen LogP contribution < -0.4 is 0 Å². The Kier molecular flexibility index (Phi) is 5.19. The summed E-state index contributed by atoms with van der Waals surface area (Å²) >= 11 is 0. The van der Waals surface area contributed by atoms with Gasteiger partial charge in [-0.3, -0.25) is 4.79 Å². The lowest BCUT2D eigenvalue weighted by molar-refractivity contribution is -0.148. The number of carbonyl (C=O) groups is 2. The molecule has 1 aromatic rings. The van der Waals surface area contributed by atoms with E-state index in [2.05, 4.69) is 18.2 Å². The number of carboxylic acids is 1. The number of benzene rings is 1. The van der Waals surface area contributed by atoms with E-state index in [1.54, 1.807) is 7.11 Å². The van der Waals surface area contributed by atoms with E-state index >= 15 is 0 Å². The average Bonchev–Trinajstić information content (AvgIpc) is 2.88. The Hall–Kier alpha value is -1.88. The fourth-order valence-electron chi connectivity index (χ4n) is 3.09. The highest BCUT2D eigenvalue weighted by atomic mass is 16.5. The predicted octanol–water partition coefficient (Wildman–Crippen LogP) is 1.94. The molecule has 22 heavy (non-hydrogen) atoms. The van der Waals surface area contributed by atoms with Gasteiger partial charge in [-0.1, -0.05) is 29.3 Å². The highest BCUT2D eigenvalue weighted by molar-refractivity contribution is 5.84. The monoisotopic (exact) mass is 305 g/mol. The first-order chi connectivity index (χ1) is 10.4. The van der Waals surface area contributed by atoms with Gasteiger partial charge in [-0.2, -0.15) is 0 Å². The molecule has 2 rings (SSSR count). The van der Waals surface area contributed by atoms with Crippen molar-refractivity contribution >= 4 is 11.9 Å². The molecule has 1 aliphatic heterocycles. The molecule has 1 aliphatic rings. The summed E-state index contributed by atoms with van der Waals surface area (Å²) in [5.41, 5.74) is 3.46. The van der Waals surface area contributed by atoms with E-state index < -0.39 is 12.0 Å². The number of aliphatic carboxylic acids is 1. The van der Waals surface area contributed by atoms with E-state index in [1.807, 2.05) is 13.8 Å². The Morgan fingerprint density at radius 3 is 2.45 bits per heavy atom. The van der Waals surface area contributed by atoms with Crippen molar-refractivity contribution in [3.8, 4) is 0 Å². The lowest BCUT2D eigenvalue weighted by Crippen LogP contribution is -2.40. The van der Waals surface area contributed by atoms with Crippen LogP contribution in [0.3, 0.4) is 0 Å². The summed E-state index contributed by atoms with van der Waals surface area (Å²) in [6, 6.07) is 5.46. The third-order valence-corrected chi connectivity index (χ3v) is 4.11. The third kappa shape index (κ3) is 3.85. The van der Waals surface area contributed by atoms with Crippen LogP contribution >= 0.6 is 0 Å². The van der Waals surface area contributed by atoms with Gasteiger partial charge < -0.3 is 14.7 Å². The smallest absolute Gasteiger partial charge is 0.326 e. The molecule has 0 aromatic heterocycles. The number of likely N-dealkylation sites (tertiary alicyclic amines) is 1. The minimum atomic E-state index is -0.959. The molecule has 0 spiro atoms. The Morgan fingerprint density at radius 1 is 1.27 bits per heavy atom. The Labute approximate surface area is 130 Å². The van der Waals surface area contributed by atoms with Crippen LogP contribution in [0.5, 0.6) is 0 Å². The van der Waals surface area contributed by atoms with Gasteiger partial charge in [0.25, 0.3) is 0 Å². The summed E-state index contributed by atoms with van der Waals surface area (Å²) in [5, 5.41) is 9.25. The SMILES string of the molecule is COC1CC(C(=O)O)N(C(=O)CCc2cc(C)cc(C)c2)C1. The van der Waals surface area contributed by atoms with Crippen LogP contribution in [0.1, 0.15) is 29.5 Å². The zero-order valence-corrected chi connectivity index (χ0v) is 13.3. The van der Waals surface area contributed by atoms with Crippen LogP contribution in [0, 0.1) is 13.8 Å². The van der Waals surface area contributed by atoms with Gasteiger partial charge in [0.2, 0.25) is 5.91 Å². The van der Waals surface area contributed by atoms with Crippen molar-refractivity contribution in [3.05, 3.63) is 34.9 Å². The molecule has 0 bridgehead atoms. The highest BCUT2D eigenvalue weighted by Gasteiger charge is 2.39. The summed E-state index contributed by atoms with van der Waals surface area (Å²) in [6.45, 7) is 4.42.